The molecule has 0 aromatic carbocycles. The predicted molar refractivity (Wildman–Crippen MR) is 87.1 cm³/mol. The smallest absolute Gasteiger partial charge is 0.241 e. The summed E-state index contributed by atoms with van der Waals surface area (Å²) >= 11 is 1.74. The Bertz CT molecular complexity index is 493. The first-order valence-corrected chi connectivity index (χ1v) is 9.05. The van der Waals surface area contributed by atoms with Crippen LogP contribution in [-0.4, -0.2) is 23.4 Å². The van der Waals surface area contributed by atoms with Gasteiger partial charge in [-0.1, -0.05) is 33.3 Å². The Morgan fingerprint density at radius 1 is 1.48 bits per heavy atom. The standard InChI is InChI=1S/C17H26N2OS/c1-4-6-13-16(20)19(11-17(8-9-17)12(2)3)15(18-13)14-7-5-10-21-14/h5,7,10,12-13,15,18H,4,6,8-9,11H2,1-3H3. The minimum Gasteiger partial charge on any atom is -0.320 e. The SMILES string of the molecule is CCCC1NC(c2cccs2)N(CC2(C(C)C)CC2)C1=O. The van der Waals surface area contributed by atoms with Crippen LogP contribution in [0.2, 0.25) is 0 Å². The van der Waals surface area contributed by atoms with Crippen LogP contribution in [0.4, 0.5) is 0 Å². The lowest BCUT2D eigenvalue weighted by Gasteiger charge is -2.30. The van der Waals surface area contributed by atoms with E-state index in [4.69, 9.17) is 0 Å². The van der Waals surface area contributed by atoms with Gasteiger partial charge in [0.25, 0.3) is 0 Å². The molecule has 1 aliphatic heterocycles. The number of nitrogens with one attached hydrogen (secondary N) is 1. The maximum absolute atomic E-state index is 12.8. The van der Waals surface area contributed by atoms with Gasteiger partial charge in [-0.05, 0) is 42.0 Å². The van der Waals surface area contributed by atoms with E-state index in [0.717, 1.165) is 19.4 Å². The fourth-order valence-corrected chi connectivity index (χ4v) is 4.24. The van der Waals surface area contributed by atoms with Gasteiger partial charge in [-0.25, -0.2) is 0 Å². The molecule has 116 valence electrons. The predicted octanol–water partition coefficient (Wildman–Crippen LogP) is 3.78. The van der Waals surface area contributed by atoms with Crippen molar-refractivity contribution in [2.75, 3.05) is 6.54 Å². The topological polar surface area (TPSA) is 32.3 Å². The molecule has 1 aromatic heterocycles. The van der Waals surface area contributed by atoms with Crippen molar-refractivity contribution in [1.82, 2.24) is 10.2 Å². The molecular weight excluding hydrogens is 280 g/mol. The molecule has 1 aliphatic carbocycles. The van der Waals surface area contributed by atoms with Gasteiger partial charge < -0.3 is 4.90 Å². The van der Waals surface area contributed by atoms with Crippen LogP contribution in [0, 0.1) is 11.3 Å². The maximum Gasteiger partial charge on any atom is 0.241 e. The van der Waals surface area contributed by atoms with Crippen LogP contribution in [0.1, 0.15) is 57.5 Å². The third-order valence-corrected chi connectivity index (χ3v) is 6.17. The molecule has 2 unspecified atom stereocenters. The average Bonchev–Trinajstić information content (AvgIpc) is 2.92. The molecule has 0 spiro atoms. The van der Waals surface area contributed by atoms with Crippen LogP contribution in [-0.2, 0) is 4.79 Å². The van der Waals surface area contributed by atoms with E-state index in [-0.39, 0.29) is 12.2 Å². The quantitative estimate of drug-likeness (QED) is 0.867. The van der Waals surface area contributed by atoms with Gasteiger partial charge in [0.1, 0.15) is 6.17 Å². The summed E-state index contributed by atoms with van der Waals surface area (Å²) in [4.78, 5) is 16.2. The van der Waals surface area contributed by atoms with Crippen molar-refractivity contribution < 1.29 is 4.79 Å². The van der Waals surface area contributed by atoms with Gasteiger partial charge in [0, 0.05) is 11.4 Å². The lowest BCUT2D eigenvalue weighted by atomic mass is 9.91. The summed E-state index contributed by atoms with van der Waals surface area (Å²) in [5.74, 6) is 0.960. The van der Waals surface area contributed by atoms with Gasteiger partial charge in [0.05, 0.1) is 6.04 Å². The largest absolute Gasteiger partial charge is 0.320 e. The third kappa shape index (κ3) is 2.76. The molecule has 2 heterocycles. The van der Waals surface area contributed by atoms with Crippen LogP contribution >= 0.6 is 11.3 Å². The molecule has 1 amide bonds. The number of carbonyl (C=O) groups is 1. The molecule has 0 radical (unpaired) electrons. The average molecular weight is 306 g/mol. The molecule has 1 saturated carbocycles. The highest BCUT2D eigenvalue weighted by Gasteiger charge is 2.50. The first kappa shape index (κ1) is 15.0. The van der Waals surface area contributed by atoms with E-state index >= 15 is 0 Å². The number of carbonyl (C=O) groups excluding carboxylic acids is 1. The molecule has 3 rings (SSSR count). The van der Waals surface area contributed by atoms with Gasteiger partial charge in [0.15, 0.2) is 0 Å². The fraction of sp³-hybridized carbons (Fsp3) is 0.706. The molecule has 1 saturated heterocycles. The van der Waals surface area contributed by atoms with Crippen LogP contribution in [0.3, 0.4) is 0 Å². The summed E-state index contributed by atoms with van der Waals surface area (Å²) in [5, 5.41) is 5.67. The van der Waals surface area contributed by atoms with E-state index in [1.54, 1.807) is 11.3 Å². The molecule has 2 fully saturated rings. The van der Waals surface area contributed by atoms with Crippen molar-refractivity contribution in [1.29, 1.82) is 0 Å². The number of thiophene rings is 1. The minimum atomic E-state index is 0.00469. The van der Waals surface area contributed by atoms with Crippen LogP contribution in [0.5, 0.6) is 0 Å². The lowest BCUT2D eigenvalue weighted by Crippen LogP contribution is -2.37. The molecule has 21 heavy (non-hydrogen) atoms. The zero-order valence-corrected chi connectivity index (χ0v) is 14.1. The van der Waals surface area contributed by atoms with Gasteiger partial charge in [0.2, 0.25) is 5.91 Å². The maximum atomic E-state index is 12.8. The monoisotopic (exact) mass is 306 g/mol. The van der Waals surface area contributed by atoms with E-state index in [1.807, 2.05) is 0 Å². The molecule has 1 aromatic rings. The van der Waals surface area contributed by atoms with Crippen molar-refractivity contribution in [3.63, 3.8) is 0 Å². The van der Waals surface area contributed by atoms with Crippen LogP contribution in [0.15, 0.2) is 17.5 Å². The summed E-state index contributed by atoms with van der Waals surface area (Å²) in [6, 6.07) is 4.23. The van der Waals surface area contributed by atoms with Crippen LogP contribution in [0.25, 0.3) is 0 Å². The fourth-order valence-electron chi connectivity index (χ4n) is 3.44. The second kappa shape index (κ2) is 5.73. The summed E-state index contributed by atoms with van der Waals surface area (Å²) in [7, 11) is 0. The zero-order chi connectivity index (χ0) is 15.0. The van der Waals surface area contributed by atoms with E-state index in [0.29, 0.717) is 17.2 Å². The number of rotatable bonds is 6. The van der Waals surface area contributed by atoms with E-state index in [1.165, 1.54) is 17.7 Å². The summed E-state index contributed by atoms with van der Waals surface area (Å²) in [6.07, 6.45) is 4.61. The Balaban J connectivity index is 1.81. The molecule has 4 heteroatoms. The van der Waals surface area contributed by atoms with Gasteiger partial charge in [-0.2, -0.15) is 0 Å². The zero-order valence-electron chi connectivity index (χ0n) is 13.3. The third-order valence-electron chi connectivity index (χ3n) is 5.24. The highest BCUT2D eigenvalue weighted by Crippen LogP contribution is 2.53. The Morgan fingerprint density at radius 3 is 2.76 bits per heavy atom. The van der Waals surface area contributed by atoms with Gasteiger partial charge >= 0.3 is 0 Å². The minimum absolute atomic E-state index is 0.00469. The number of hydrogen-bond acceptors (Lipinski definition) is 3. The van der Waals surface area contributed by atoms with Crippen molar-refractivity contribution >= 4 is 17.2 Å². The van der Waals surface area contributed by atoms with Gasteiger partial charge in [-0.15, -0.1) is 11.3 Å². The Labute approximate surface area is 131 Å². The summed E-state index contributed by atoms with van der Waals surface area (Å²) in [5.41, 5.74) is 0.369. The molecule has 1 N–H and O–H groups in total. The summed E-state index contributed by atoms with van der Waals surface area (Å²) in [6.45, 7) is 7.66. The normalized spacial score (nSPS) is 27.6. The number of nitrogens with zero attached hydrogens (tertiary/aromatic N) is 1. The summed E-state index contributed by atoms with van der Waals surface area (Å²) < 4.78 is 0. The molecule has 2 aliphatic rings. The first-order chi connectivity index (χ1) is 10.1. The van der Waals surface area contributed by atoms with E-state index in [9.17, 15) is 4.79 Å². The lowest BCUT2D eigenvalue weighted by molar-refractivity contribution is -0.131. The Kier molecular flexibility index (Phi) is 4.10. The van der Waals surface area contributed by atoms with Gasteiger partial charge in [-0.3, -0.25) is 10.1 Å². The highest BCUT2D eigenvalue weighted by atomic mass is 32.1. The molecule has 0 bridgehead atoms. The van der Waals surface area contributed by atoms with Crippen molar-refractivity contribution in [3.05, 3.63) is 22.4 Å². The number of hydrogen-bond donors (Lipinski definition) is 1. The molecule has 2 atom stereocenters. The second-order valence-corrected chi connectivity index (χ2v) is 7.89. The van der Waals surface area contributed by atoms with Crippen molar-refractivity contribution in [2.45, 2.75) is 58.7 Å². The highest BCUT2D eigenvalue weighted by molar-refractivity contribution is 7.10. The number of amides is 1. The van der Waals surface area contributed by atoms with E-state index < -0.39 is 0 Å². The first-order valence-electron chi connectivity index (χ1n) is 8.17. The molecule has 3 nitrogen and oxygen atoms in total. The Morgan fingerprint density at radius 2 is 2.24 bits per heavy atom. The molecular formula is C17H26N2OS. The van der Waals surface area contributed by atoms with E-state index in [2.05, 4.69) is 48.5 Å². The van der Waals surface area contributed by atoms with Crippen LogP contribution < -0.4 is 5.32 Å². The van der Waals surface area contributed by atoms with Crippen molar-refractivity contribution in [3.8, 4) is 0 Å². The van der Waals surface area contributed by atoms with Crippen molar-refractivity contribution in [2.24, 2.45) is 11.3 Å². The second-order valence-electron chi connectivity index (χ2n) is 6.91. The Hall–Kier alpha value is -0.870.